The number of rotatable bonds is 6. The monoisotopic (exact) mass is 267 g/mol. The number of aldehydes is 1. The number of carbonyl (C=O) groups excluding carboxylic acids is 2. The Labute approximate surface area is 111 Å². The van der Waals surface area contributed by atoms with Crippen LogP contribution in [0.4, 0.5) is 0 Å². The number of carbonyl (C=O) groups is 2. The van der Waals surface area contributed by atoms with E-state index in [1.54, 1.807) is 31.2 Å². The van der Waals surface area contributed by atoms with Crippen molar-refractivity contribution in [2.45, 2.75) is 13.0 Å². The molecular formula is C13H14ClNO3. The highest BCUT2D eigenvalue weighted by molar-refractivity contribution is 6.32. The first kappa shape index (κ1) is 14.3. The van der Waals surface area contributed by atoms with Crippen LogP contribution >= 0.6 is 11.6 Å². The highest BCUT2D eigenvalue weighted by Gasteiger charge is 2.17. The maximum absolute atomic E-state index is 11.6. The largest absolute Gasteiger partial charge is 0.479 e. The number of halogens is 1. The minimum atomic E-state index is -0.747. The number of hydrogen-bond donors (Lipinski definition) is 1. The summed E-state index contributed by atoms with van der Waals surface area (Å²) in [5, 5.41) is 2.89. The fourth-order valence-electron chi connectivity index (χ4n) is 1.29. The van der Waals surface area contributed by atoms with Gasteiger partial charge in [-0.25, -0.2) is 0 Å². The van der Waals surface area contributed by atoms with Crippen molar-refractivity contribution in [3.8, 4) is 5.75 Å². The molecule has 18 heavy (non-hydrogen) atoms. The molecule has 0 aliphatic rings. The van der Waals surface area contributed by atoms with Crippen molar-refractivity contribution in [2.24, 2.45) is 0 Å². The smallest absolute Gasteiger partial charge is 0.261 e. The minimum absolute atomic E-state index is 0.218. The van der Waals surface area contributed by atoms with Gasteiger partial charge in [0.1, 0.15) is 5.75 Å². The van der Waals surface area contributed by atoms with Crippen LogP contribution in [-0.4, -0.2) is 24.8 Å². The van der Waals surface area contributed by atoms with E-state index in [1.165, 1.54) is 0 Å². The molecule has 1 atom stereocenters. The van der Waals surface area contributed by atoms with Gasteiger partial charge >= 0.3 is 0 Å². The molecule has 0 radical (unpaired) electrons. The van der Waals surface area contributed by atoms with Crippen molar-refractivity contribution in [1.82, 2.24) is 5.32 Å². The molecule has 0 fully saturated rings. The first-order valence-electron chi connectivity index (χ1n) is 5.39. The highest BCUT2D eigenvalue weighted by Crippen LogP contribution is 2.28. The van der Waals surface area contributed by atoms with Gasteiger partial charge in [-0.05, 0) is 19.1 Å². The summed E-state index contributed by atoms with van der Waals surface area (Å²) in [4.78, 5) is 22.5. The second-order valence-corrected chi connectivity index (χ2v) is 3.98. The lowest BCUT2D eigenvalue weighted by molar-refractivity contribution is -0.127. The van der Waals surface area contributed by atoms with E-state index in [0.717, 1.165) is 0 Å². The lowest BCUT2D eigenvalue weighted by Crippen LogP contribution is -2.36. The Kier molecular flexibility index (Phi) is 5.39. The third kappa shape index (κ3) is 3.60. The highest BCUT2D eigenvalue weighted by atomic mass is 35.5. The number of nitrogens with one attached hydrogen (secondary N) is 1. The van der Waals surface area contributed by atoms with Gasteiger partial charge in [0.2, 0.25) is 0 Å². The van der Waals surface area contributed by atoms with Crippen LogP contribution in [0.25, 0.3) is 0 Å². The Morgan fingerprint density at radius 1 is 1.61 bits per heavy atom. The van der Waals surface area contributed by atoms with E-state index in [0.29, 0.717) is 23.4 Å². The van der Waals surface area contributed by atoms with E-state index in [1.807, 2.05) is 0 Å². The van der Waals surface area contributed by atoms with E-state index in [-0.39, 0.29) is 11.7 Å². The van der Waals surface area contributed by atoms with Gasteiger partial charge in [0, 0.05) is 6.54 Å². The van der Waals surface area contributed by atoms with Crippen molar-refractivity contribution in [2.75, 3.05) is 6.54 Å². The van der Waals surface area contributed by atoms with Crippen LogP contribution in [0.5, 0.6) is 5.75 Å². The predicted octanol–water partition coefficient (Wildman–Crippen LogP) is 2.22. The molecule has 0 bridgehead atoms. The lowest BCUT2D eigenvalue weighted by Gasteiger charge is -2.16. The Morgan fingerprint density at radius 3 is 2.94 bits per heavy atom. The summed E-state index contributed by atoms with van der Waals surface area (Å²) in [6.45, 7) is 5.43. The summed E-state index contributed by atoms with van der Waals surface area (Å²) < 4.78 is 5.42. The predicted molar refractivity (Wildman–Crippen MR) is 70.1 cm³/mol. The average molecular weight is 268 g/mol. The first-order chi connectivity index (χ1) is 8.60. The Balaban J connectivity index is 2.81. The van der Waals surface area contributed by atoms with Gasteiger partial charge in [-0.3, -0.25) is 9.59 Å². The van der Waals surface area contributed by atoms with Crippen molar-refractivity contribution >= 4 is 23.8 Å². The van der Waals surface area contributed by atoms with Gasteiger partial charge in [0.15, 0.2) is 12.4 Å². The maximum Gasteiger partial charge on any atom is 0.261 e. The molecule has 1 amide bonds. The number of para-hydroxylation sites is 1. The molecule has 0 aromatic heterocycles. The third-order valence-corrected chi connectivity index (χ3v) is 2.51. The normalized spacial score (nSPS) is 11.4. The number of benzene rings is 1. The number of hydrogen-bond acceptors (Lipinski definition) is 3. The molecule has 0 saturated carbocycles. The number of amides is 1. The van der Waals surface area contributed by atoms with E-state index in [2.05, 4.69) is 11.9 Å². The van der Waals surface area contributed by atoms with Crippen LogP contribution in [0, 0.1) is 0 Å². The average Bonchev–Trinajstić information content (AvgIpc) is 2.38. The van der Waals surface area contributed by atoms with Gasteiger partial charge in [-0.1, -0.05) is 23.7 Å². The van der Waals surface area contributed by atoms with Gasteiger partial charge in [-0.2, -0.15) is 0 Å². The van der Waals surface area contributed by atoms with Crippen LogP contribution in [0.15, 0.2) is 30.9 Å². The summed E-state index contributed by atoms with van der Waals surface area (Å²) in [6.07, 6.45) is 1.45. The zero-order valence-corrected chi connectivity index (χ0v) is 10.7. The van der Waals surface area contributed by atoms with E-state index in [4.69, 9.17) is 16.3 Å². The Morgan fingerprint density at radius 2 is 2.33 bits per heavy atom. The zero-order chi connectivity index (χ0) is 13.5. The molecule has 1 aromatic carbocycles. The summed E-state index contributed by atoms with van der Waals surface area (Å²) in [7, 11) is 0. The molecule has 0 saturated heterocycles. The van der Waals surface area contributed by atoms with Crippen LogP contribution in [-0.2, 0) is 4.79 Å². The molecule has 0 aliphatic carbocycles. The van der Waals surface area contributed by atoms with Crippen LogP contribution in [0.1, 0.15) is 17.3 Å². The van der Waals surface area contributed by atoms with E-state index in [9.17, 15) is 9.59 Å². The van der Waals surface area contributed by atoms with E-state index < -0.39 is 6.10 Å². The molecule has 0 heterocycles. The summed E-state index contributed by atoms with van der Waals surface area (Å²) >= 11 is 5.93. The molecule has 4 nitrogen and oxygen atoms in total. The summed E-state index contributed by atoms with van der Waals surface area (Å²) in [6, 6.07) is 4.81. The third-order valence-electron chi connectivity index (χ3n) is 2.21. The van der Waals surface area contributed by atoms with Crippen molar-refractivity contribution in [3.05, 3.63) is 41.4 Å². The zero-order valence-electron chi connectivity index (χ0n) is 9.98. The number of ether oxygens (including phenoxy) is 1. The molecule has 1 rings (SSSR count). The Hall–Kier alpha value is -1.81. The van der Waals surface area contributed by atoms with E-state index >= 15 is 0 Å². The van der Waals surface area contributed by atoms with Gasteiger partial charge in [-0.15, -0.1) is 6.58 Å². The van der Waals surface area contributed by atoms with Crippen LogP contribution in [0.2, 0.25) is 5.02 Å². The molecule has 1 aromatic rings. The van der Waals surface area contributed by atoms with Crippen molar-refractivity contribution in [3.63, 3.8) is 0 Å². The van der Waals surface area contributed by atoms with Gasteiger partial charge in [0.05, 0.1) is 10.6 Å². The first-order valence-corrected chi connectivity index (χ1v) is 5.77. The van der Waals surface area contributed by atoms with Crippen LogP contribution in [0.3, 0.4) is 0 Å². The fourth-order valence-corrected chi connectivity index (χ4v) is 1.52. The van der Waals surface area contributed by atoms with Crippen molar-refractivity contribution < 1.29 is 14.3 Å². The topological polar surface area (TPSA) is 55.4 Å². The lowest BCUT2D eigenvalue weighted by atomic mass is 10.2. The minimum Gasteiger partial charge on any atom is -0.479 e. The molecule has 0 aliphatic heterocycles. The summed E-state index contributed by atoms with van der Waals surface area (Å²) in [5.41, 5.74) is 0.311. The van der Waals surface area contributed by atoms with Gasteiger partial charge in [0.25, 0.3) is 5.91 Å². The molecular weight excluding hydrogens is 254 g/mol. The standard InChI is InChI=1S/C13H14ClNO3/c1-3-7-15-13(17)9(2)18-12-10(8-16)5-4-6-11(12)14/h3-6,8-9H,1,7H2,2H3,(H,15,17). The Bertz CT molecular complexity index is 460. The fraction of sp³-hybridized carbons (Fsp3) is 0.231. The summed E-state index contributed by atoms with van der Waals surface area (Å²) in [5.74, 6) is -0.0814. The molecule has 0 spiro atoms. The second kappa shape index (κ2) is 6.81. The SMILES string of the molecule is C=CCNC(=O)C(C)Oc1c(Cl)cccc1C=O. The molecule has 5 heteroatoms. The molecule has 1 unspecified atom stereocenters. The quantitative estimate of drug-likeness (QED) is 0.635. The second-order valence-electron chi connectivity index (χ2n) is 3.57. The van der Waals surface area contributed by atoms with Crippen molar-refractivity contribution in [1.29, 1.82) is 0 Å². The maximum atomic E-state index is 11.6. The van der Waals surface area contributed by atoms with Crippen LogP contribution < -0.4 is 10.1 Å². The molecule has 96 valence electrons. The van der Waals surface area contributed by atoms with Gasteiger partial charge < -0.3 is 10.1 Å². The molecule has 1 N–H and O–H groups in total.